The molecule has 0 radical (unpaired) electrons. The van der Waals surface area contributed by atoms with E-state index in [4.69, 9.17) is 0 Å². The normalized spacial score (nSPS) is 25.3. The van der Waals surface area contributed by atoms with Crippen molar-refractivity contribution in [2.45, 2.75) is 33.1 Å². The van der Waals surface area contributed by atoms with Gasteiger partial charge in [-0.25, -0.2) is 4.39 Å². The summed E-state index contributed by atoms with van der Waals surface area (Å²) in [6.45, 7) is 3.77. The molecular weight excluding hydrogens is 309 g/mol. The number of halogens is 2. The topological polar surface area (TPSA) is 40.9 Å². The molecule has 1 fully saturated rings. The zero-order valence-electron chi connectivity index (χ0n) is 11.0. The molecule has 100 valence electrons. The first kappa shape index (κ1) is 14.2. The second-order valence-electron chi connectivity index (χ2n) is 5.82. The van der Waals surface area contributed by atoms with E-state index < -0.39 is 10.8 Å². The molecule has 2 rings (SSSR count). The van der Waals surface area contributed by atoms with Gasteiger partial charge in [-0.1, -0.05) is 35.8 Å². The minimum Gasteiger partial charge on any atom is -0.297 e. The third kappa shape index (κ3) is 2.44. The molecule has 4 heteroatoms. The van der Waals surface area contributed by atoms with Crippen LogP contribution in [0.3, 0.4) is 0 Å². The van der Waals surface area contributed by atoms with Gasteiger partial charge in [0.25, 0.3) is 0 Å². The van der Waals surface area contributed by atoms with Gasteiger partial charge in [0.1, 0.15) is 11.2 Å². The van der Waals surface area contributed by atoms with Crippen LogP contribution in [0.5, 0.6) is 0 Å². The minimum absolute atomic E-state index is 0.00118. The van der Waals surface area contributed by atoms with E-state index in [0.29, 0.717) is 17.3 Å². The van der Waals surface area contributed by atoms with Crippen LogP contribution in [0.25, 0.3) is 0 Å². The van der Waals surface area contributed by atoms with E-state index in [1.165, 1.54) is 12.1 Å². The van der Waals surface area contributed by atoms with E-state index >= 15 is 0 Å². The zero-order chi connectivity index (χ0) is 14.3. The van der Waals surface area contributed by atoms with Gasteiger partial charge in [0.05, 0.1) is 6.07 Å². The van der Waals surface area contributed by atoms with Crippen molar-refractivity contribution in [3.63, 3.8) is 0 Å². The average molecular weight is 324 g/mol. The summed E-state index contributed by atoms with van der Waals surface area (Å²) < 4.78 is 13.7. The van der Waals surface area contributed by atoms with Gasteiger partial charge < -0.3 is 0 Å². The van der Waals surface area contributed by atoms with Gasteiger partial charge in [0, 0.05) is 9.89 Å². The summed E-state index contributed by atoms with van der Waals surface area (Å²) in [5, 5.41) is 9.47. The van der Waals surface area contributed by atoms with Crippen LogP contribution in [0.4, 0.5) is 4.39 Å². The quantitative estimate of drug-likeness (QED) is 0.824. The van der Waals surface area contributed by atoms with Crippen LogP contribution in [-0.2, 0) is 11.2 Å². The lowest BCUT2D eigenvalue weighted by Gasteiger charge is -2.23. The highest BCUT2D eigenvalue weighted by Gasteiger charge is 2.52. The monoisotopic (exact) mass is 323 g/mol. The molecule has 0 aliphatic heterocycles. The molecule has 1 aliphatic rings. The van der Waals surface area contributed by atoms with Gasteiger partial charge in [-0.2, -0.15) is 5.26 Å². The number of nitrogens with zero attached hydrogens (tertiary/aromatic N) is 1. The molecule has 0 heterocycles. The summed E-state index contributed by atoms with van der Waals surface area (Å²) in [6.07, 6.45) is 1.63. The molecule has 0 saturated heterocycles. The number of carbonyl (C=O) groups is 1. The molecule has 1 aliphatic carbocycles. The second-order valence-corrected chi connectivity index (χ2v) is 6.67. The Morgan fingerprint density at radius 3 is 2.58 bits per heavy atom. The predicted molar refractivity (Wildman–Crippen MR) is 73.9 cm³/mol. The zero-order valence-corrected chi connectivity index (χ0v) is 12.6. The number of hydrogen-bond acceptors (Lipinski definition) is 2. The van der Waals surface area contributed by atoms with E-state index in [0.717, 1.165) is 12.0 Å². The van der Waals surface area contributed by atoms with Crippen molar-refractivity contribution in [1.29, 1.82) is 5.26 Å². The molecule has 0 bridgehead atoms. The largest absolute Gasteiger partial charge is 0.297 e. The number of Topliss-reactive ketones (excluding diaryl/α,β-unsaturated/α-hetero) is 1. The maximum Gasteiger partial charge on any atom is 0.158 e. The fraction of sp³-hybridized carbons (Fsp3) is 0.467. The van der Waals surface area contributed by atoms with Gasteiger partial charge in [-0.15, -0.1) is 0 Å². The SMILES string of the molecule is CC1(C)CCC(C#N)(Cc2ccc(F)cc2Br)C1=O. The number of rotatable bonds is 2. The van der Waals surface area contributed by atoms with Crippen LogP contribution >= 0.6 is 15.9 Å². The Balaban J connectivity index is 2.36. The van der Waals surface area contributed by atoms with Crippen LogP contribution in [0.2, 0.25) is 0 Å². The third-order valence-electron chi connectivity index (χ3n) is 3.95. The van der Waals surface area contributed by atoms with Gasteiger partial charge in [-0.05, 0) is 37.0 Å². The fourth-order valence-corrected chi connectivity index (χ4v) is 3.20. The number of nitriles is 1. The van der Waals surface area contributed by atoms with Gasteiger partial charge in [0.2, 0.25) is 0 Å². The summed E-state index contributed by atoms with van der Waals surface area (Å²) in [6, 6.07) is 6.57. The molecule has 1 aromatic rings. The first-order valence-electron chi connectivity index (χ1n) is 6.21. The maximum atomic E-state index is 13.1. The lowest BCUT2D eigenvalue weighted by Crippen LogP contribution is -2.33. The molecule has 1 atom stereocenters. The molecule has 1 aromatic carbocycles. The summed E-state index contributed by atoms with van der Waals surface area (Å²) >= 11 is 3.30. The molecule has 2 nitrogen and oxygen atoms in total. The highest BCUT2D eigenvalue weighted by Crippen LogP contribution is 2.47. The van der Waals surface area contributed by atoms with Crippen LogP contribution < -0.4 is 0 Å². The Hall–Kier alpha value is -1.21. The number of carbonyl (C=O) groups excluding carboxylic acids is 1. The first-order chi connectivity index (χ1) is 8.81. The van der Waals surface area contributed by atoms with Crippen LogP contribution in [0.15, 0.2) is 22.7 Å². The van der Waals surface area contributed by atoms with E-state index in [2.05, 4.69) is 22.0 Å². The Morgan fingerprint density at radius 1 is 1.42 bits per heavy atom. The van der Waals surface area contributed by atoms with Crippen molar-refractivity contribution < 1.29 is 9.18 Å². The van der Waals surface area contributed by atoms with E-state index in [1.54, 1.807) is 6.07 Å². The Kier molecular flexibility index (Phi) is 3.53. The lowest BCUT2D eigenvalue weighted by atomic mass is 9.77. The van der Waals surface area contributed by atoms with Gasteiger partial charge in [0.15, 0.2) is 5.78 Å². The van der Waals surface area contributed by atoms with Crippen molar-refractivity contribution in [3.05, 3.63) is 34.1 Å². The van der Waals surface area contributed by atoms with Crippen molar-refractivity contribution in [2.75, 3.05) is 0 Å². The summed E-state index contributed by atoms with van der Waals surface area (Å²) in [5.41, 5.74) is -0.611. The molecule has 0 N–H and O–H groups in total. The average Bonchev–Trinajstić information content (AvgIpc) is 2.57. The molecule has 0 spiro atoms. The maximum absolute atomic E-state index is 13.1. The highest BCUT2D eigenvalue weighted by atomic mass is 79.9. The number of hydrogen-bond donors (Lipinski definition) is 0. The van der Waals surface area contributed by atoms with Crippen LogP contribution in [0, 0.1) is 28.0 Å². The highest BCUT2D eigenvalue weighted by molar-refractivity contribution is 9.10. The molecule has 1 saturated carbocycles. The van der Waals surface area contributed by atoms with Crippen molar-refractivity contribution in [3.8, 4) is 6.07 Å². The number of ketones is 1. The predicted octanol–water partition coefficient (Wildman–Crippen LogP) is 4.03. The van der Waals surface area contributed by atoms with E-state index in [-0.39, 0.29) is 11.6 Å². The Bertz CT molecular complexity index is 576. The third-order valence-corrected chi connectivity index (χ3v) is 4.69. The Morgan fingerprint density at radius 2 is 2.11 bits per heavy atom. The Labute approximate surface area is 120 Å². The van der Waals surface area contributed by atoms with E-state index in [9.17, 15) is 14.4 Å². The summed E-state index contributed by atoms with van der Waals surface area (Å²) in [5.74, 6) is -0.335. The summed E-state index contributed by atoms with van der Waals surface area (Å²) in [7, 11) is 0. The molecular formula is C15H15BrFNO. The molecule has 19 heavy (non-hydrogen) atoms. The number of benzene rings is 1. The summed E-state index contributed by atoms with van der Waals surface area (Å²) in [4.78, 5) is 12.5. The lowest BCUT2D eigenvalue weighted by molar-refractivity contribution is -0.130. The van der Waals surface area contributed by atoms with Crippen LogP contribution in [0.1, 0.15) is 32.3 Å². The van der Waals surface area contributed by atoms with Gasteiger partial charge >= 0.3 is 0 Å². The first-order valence-corrected chi connectivity index (χ1v) is 7.00. The molecule has 0 aromatic heterocycles. The second kappa shape index (κ2) is 4.72. The van der Waals surface area contributed by atoms with Crippen molar-refractivity contribution in [1.82, 2.24) is 0 Å². The van der Waals surface area contributed by atoms with Crippen molar-refractivity contribution in [2.24, 2.45) is 10.8 Å². The smallest absolute Gasteiger partial charge is 0.158 e. The van der Waals surface area contributed by atoms with E-state index in [1.807, 2.05) is 13.8 Å². The molecule has 0 amide bonds. The molecule has 1 unspecified atom stereocenters. The van der Waals surface area contributed by atoms with Crippen molar-refractivity contribution >= 4 is 21.7 Å². The van der Waals surface area contributed by atoms with Crippen LogP contribution in [-0.4, -0.2) is 5.78 Å². The minimum atomic E-state index is -0.968. The van der Waals surface area contributed by atoms with Gasteiger partial charge in [-0.3, -0.25) is 4.79 Å². The standard InChI is InChI=1S/C15H15BrFNO/c1-14(2)5-6-15(9-18,13(14)19)8-10-3-4-11(17)7-12(10)16/h3-4,7H,5-6,8H2,1-2H3. The fourth-order valence-electron chi connectivity index (χ4n) is 2.71.